The maximum Gasteiger partial charge on any atom is 0.294 e. The van der Waals surface area contributed by atoms with Gasteiger partial charge < -0.3 is 4.74 Å². The summed E-state index contributed by atoms with van der Waals surface area (Å²) >= 11 is 0. The second kappa shape index (κ2) is 5.73. The van der Waals surface area contributed by atoms with Crippen molar-refractivity contribution in [2.24, 2.45) is 0 Å². The van der Waals surface area contributed by atoms with E-state index in [1.54, 1.807) is 19.4 Å². The molecular weight excluding hydrogens is 232 g/mol. The number of aromatic nitrogens is 1. The van der Waals surface area contributed by atoms with Crippen LogP contribution < -0.4 is 0 Å². The number of methoxy groups -OCH3 is 1. The van der Waals surface area contributed by atoms with Gasteiger partial charge in [0.1, 0.15) is 6.20 Å². The molecule has 1 atom stereocenters. The fraction of sp³-hybridized carbons (Fsp3) is 0.462. The predicted octanol–water partition coefficient (Wildman–Crippen LogP) is 2.96. The van der Waals surface area contributed by atoms with Crippen LogP contribution in [0.25, 0.3) is 5.57 Å². The molecular formula is C13H16N2O3. The van der Waals surface area contributed by atoms with Crippen LogP contribution in [0.1, 0.15) is 31.2 Å². The number of nitrogens with zero attached hydrogens (tertiary/aromatic N) is 2. The molecule has 0 spiro atoms. The summed E-state index contributed by atoms with van der Waals surface area (Å²) in [5.74, 6) is 0. The van der Waals surface area contributed by atoms with Crippen molar-refractivity contribution in [2.45, 2.75) is 31.8 Å². The number of nitro groups is 1. The predicted molar refractivity (Wildman–Crippen MR) is 68.1 cm³/mol. The Hall–Kier alpha value is -1.75. The van der Waals surface area contributed by atoms with E-state index in [1.165, 1.54) is 6.20 Å². The largest absolute Gasteiger partial charge is 0.381 e. The fourth-order valence-electron chi connectivity index (χ4n) is 2.28. The zero-order chi connectivity index (χ0) is 13.0. The molecule has 0 aliphatic heterocycles. The summed E-state index contributed by atoms with van der Waals surface area (Å²) < 4.78 is 5.34. The van der Waals surface area contributed by atoms with Crippen LogP contribution in [-0.4, -0.2) is 23.1 Å². The molecule has 0 aromatic carbocycles. The summed E-state index contributed by atoms with van der Waals surface area (Å²) in [5.41, 5.74) is 1.80. The molecule has 1 unspecified atom stereocenters. The Kier molecular flexibility index (Phi) is 4.04. The van der Waals surface area contributed by atoms with E-state index >= 15 is 0 Å². The molecule has 1 aromatic heterocycles. The first kappa shape index (κ1) is 12.7. The third-order valence-corrected chi connectivity index (χ3v) is 3.28. The minimum atomic E-state index is -0.373. The van der Waals surface area contributed by atoms with Crippen LogP contribution in [0.2, 0.25) is 0 Å². The third kappa shape index (κ3) is 2.73. The zero-order valence-electron chi connectivity index (χ0n) is 10.3. The van der Waals surface area contributed by atoms with Gasteiger partial charge in [-0.25, -0.2) is 0 Å². The van der Waals surface area contributed by atoms with Crippen LogP contribution in [0.3, 0.4) is 0 Å². The molecule has 18 heavy (non-hydrogen) atoms. The Morgan fingerprint density at radius 2 is 2.39 bits per heavy atom. The number of pyridine rings is 1. The van der Waals surface area contributed by atoms with E-state index in [2.05, 4.69) is 11.1 Å². The lowest BCUT2D eigenvalue weighted by molar-refractivity contribution is -0.385. The minimum Gasteiger partial charge on any atom is -0.381 e. The first-order valence-corrected chi connectivity index (χ1v) is 6.03. The molecule has 1 heterocycles. The van der Waals surface area contributed by atoms with Gasteiger partial charge in [-0.3, -0.25) is 15.1 Å². The topological polar surface area (TPSA) is 65.3 Å². The SMILES string of the molecule is COC1CC=C(c2ccncc2[N+](=O)[O-])CCC1. The summed E-state index contributed by atoms with van der Waals surface area (Å²) in [6.45, 7) is 0. The smallest absolute Gasteiger partial charge is 0.294 e. The highest BCUT2D eigenvalue weighted by atomic mass is 16.6. The van der Waals surface area contributed by atoms with Crippen molar-refractivity contribution in [3.8, 4) is 0 Å². The Bertz CT molecular complexity index is 471. The molecule has 0 fully saturated rings. The number of allylic oxidation sites excluding steroid dienone is 1. The van der Waals surface area contributed by atoms with Crippen LogP contribution in [-0.2, 0) is 4.74 Å². The van der Waals surface area contributed by atoms with Gasteiger partial charge in [-0.1, -0.05) is 6.08 Å². The molecule has 1 aliphatic carbocycles. The summed E-state index contributed by atoms with van der Waals surface area (Å²) in [6, 6.07) is 1.72. The molecule has 1 aliphatic rings. The van der Waals surface area contributed by atoms with Gasteiger partial charge >= 0.3 is 0 Å². The second-order valence-corrected chi connectivity index (χ2v) is 4.36. The van der Waals surface area contributed by atoms with E-state index in [1.807, 2.05) is 0 Å². The quantitative estimate of drug-likeness (QED) is 0.609. The number of rotatable bonds is 3. The van der Waals surface area contributed by atoms with Crippen molar-refractivity contribution in [3.63, 3.8) is 0 Å². The lowest BCUT2D eigenvalue weighted by atomic mass is 10.0. The van der Waals surface area contributed by atoms with Crippen molar-refractivity contribution in [2.75, 3.05) is 7.11 Å². The monoisotopic (exact) mass is 248 g/mol. The average molecular weight is 248 g/mol. The Balaban J connectivity index is 2.31. The molecule has 0 saturated carbocycles. The van der Waals surface area contributed by atoms with Gasteiger partial charge in [-0.2, -0.15) is 0 Å². The Morgan fingerprint density at radius 3 is 3.11 bits per heavy atom. The van der Waals surface area contributed by atoms with E-state index in [9.17, 15) is 10.1 Å². The van der Waals surface area contributed by atoms with Gasteiger partial charge in [0, 0.05) is 13.3 Å². The van der Waals surface area contributed by atoms with Crippen molar-refractivity contribution in [1.29, 1.82) is 0 Å². The van der Waals surface area contributed by atoms with Crippen molar-refractivity contribution in [1.82, 2.24) is 4.98 Å². The third-order valence-electron chi connectivity index (χ3n) is 3.28. The lowest BCUT2D eigenvalue weighted by Crippen LogP contribution is -2.07. The zero-order valence-corrected chi connectivity index (χ0v) is 10.3. The first-order chi connectivity index (χ1) is 8.72. The van der Waals surface area contributed by atoms with Gasteiger partial charge in [0.15, 0.2) is 0 Å². The molecule has 0 N–H and O–H groups in total. The normalized spacial score (nSPS) is 20.1. The molecule has 0 saturated heterocycles. The van der Waals surface area contributed by atoms with E-state index < -0.39 is 0 Å². The van der Waals surface area contributed by atoms with Crippen LogP contribution in [0.15, 0.2) is 24.5 Å². The van der Waals surface area contributed by atoms with Gasteiger partial charge in [0.25, 0.3) is 5.69 Å². The van der Waals surface area contributed by atoms with Crippen LogP contribution in [0.5, 0.6) is 0 Å². The minimum absolute atomic E-state index is 0.0830. The van der Waals surface area contributed by atoms with E-state index in [0.717, 1.165) is 31.3 Å². The number of hydrogen-bond donors (Lipinski definition) is 0. The second-order valence-electron chi connectivity index (χ2n) is 4.36. The van der Waals surface area contributed by atoms with E-state index in [0.29, 0.717) is 5.56 Å². The summed E-state index contributed by atoms with van der Waals surface area (Å²) in [4.78, 5) is 14.4. The van der Waals surface area contributed by atoms with Crippen LogP contribution >= 0.6 is 0 Å². The summed E-state index contributed by atoms with van der Waals surface area (Å²) in [7, 11) is 1.71. The maximum absolute atomic E-state index is 11.0. The number of ether oxygens (including phenoxy) is 1. The summed E-state index contributed by atoms with van der Waals surface area (Å²) in [5, 5.41) is 11.0. The van der Waals surface area contributed by atoms with E-state index in [4.69, 9.17) is 4.74 Å². The molecule has 1 aromatic rings. The van der Waals surface area contributed by atoms with E-state index in [-0.39, 0.29) is 16.7 Å². The Labute approximate surface area is 106 Å². The maximum atomic E-state index is 11.0. The highest BCUT2D eigenvalue weighted by Crippen LogP contribution is 2.31. The Morgan fingerprint density at radius 1 is 1.56 bits per heavy atom. The van der Waals surface area contributed by atoms with Gasteiger partial charge in [0.2, 0.25) is 0 Å². The van der Waals surface area contributed by atoms with Crippen LogP contribution in [0.4, 0.5) is 5.69 Å². The standard InChI is InChI=1S/C13H16N2O3/c1-18-11-4-2-3-10(5-6-11)12-7-8-14-9-13(12)15(16)17/h5,7-9,11H,2-4,6H2,1H3. The number of hydrogen-bond acceptors (Lipinski definition) is 4. The van der Waals surface area contributed by atoms with Crippen molar-refractivity contribution >= 4 is 11.3 Å². The molecule has 0 radical (unpaired) electrons. The molecule has 0 amide bonds. The van der Waals surface area contributed by atoms with Gasteiger partial charge in [-0.15, -0.1) is 0 Å². The van der Waals surface area contributed by atoms with Crippen molar-refractivity contribution < 1.29 is 9.66 Å². The van der Waals surface area contributed by atoms with Gasteiger partial charge in [0.05, 0.1) is 16.6 Å². The molecule has 0 bridgehead atoms. The molecule has 2 rings (SSSR count). The molecule has 5 heteroatoms. The highest BCUT2D eigenvalue weighted by molar-refractivity contribution is 5.72. The molecule has 5 nitrogen and oxygen atoms in total. The highest BCUT2D eigenvalue weighted by Gasteiger charge is 2.19. The summed E-state index contributed by atoms with van der Waals surface area (Å²) in [6.07, 6.45) is 8.85. The fourth-order valence-corrected chi connectivity index (χ4v) is 2.28. The first-order valence-electron chi connectivity index (χ1n) is 6.03. The van der Waals surface area contributed by atoms with Crippen LogP contribution in [0, 0.1) is 10.1 Å². The average Bonchev–Trinajstić information content (AvgIpc) is 2.63. The molecule has 96 valence electrons. The lowest BCUT2D eigenvalue weighted by Gasteiger charge is -2.09. The van der Waals surface area contributed by atoms with Crippen molar-refractivity contribution in [3.05, 3.63) is 40.2 Å². The van der Waals surface area contributed by atoms with Gasteiger partial charge in [-0.05, 0) is 37.3 Å².